The largest absolute Gasteiger partial charge is 0.543 e. The van der Waals surface area contributed by atoms with E-state index in [-0.39, 0.29) is 46.0 Å². The maximum atomic E-state index is 12.9. The Morgan fingerprint density at radius 1 is 0.611 bits per heavy atom. The van der Waals surface area contributed by atoms with Gasteiger partial charge in [0.25, 0.3) is 11.1 Å². The number of hydrogen-bond acceptors (Lipinski definition) is 8. The monoisotopic (exact) mass is 480 g/mol. The van der Waals surface area contributed by atoms with Gasteiger partial charge in [-0.15, -0.1) is 0 Å². The number of hydrogen-bond donors (Lipinski definition) is 0. The predicted octanol–water partition coefficient (Wildman–Crippen LogP) is -0.0700. The fourth-order valence-electron chi connectivity index (χ4n) is 4.16. The second-order valence-electron chi connectivity index (χ2n) is 8.11. The van der Waals surface area contributed by atoms with E-state index in [2.05, 4.69) is 10.2 Å². The van der Waals surface area contributed by atoms with Gasteiger partial charge >= 0.3 is 0 Å². The zero-order valence-electron chi connectivity index (χ0n) is 18.6. The van der Waals surface area contributed by atoms with Crippen molar-refractivity contribution in [2.45, 2.75) is 13.1 Å². The zero-order chi connectivity index (χ0) is 25.4. The van der Waals surface area contributed by atoms with E-state index in [1.54, 1.807) is 48.5 Å². The quantitative estimate of drug-likeness (QED) is 0.328. The third-order valence-electron chi connectivity index (χ3n) is 5.78. The van der Waals surface area contributed by atoms with Gasteiger partial charge in [0.2, 0.25) is 0 Å². The number of carboxylic acids is 2. The van der Waals surface area contributed by atoms with E-state index < -0.39 is 23.1 Å². The molecule has 0 aliphatic carbocycles. The van der Waals surface area contributed by atoms with Gasteiger partial charge in [-0.3, -0.25) is 9.59 Å². The summed E-state index contributed by atoms with van der Waals surface area (Å²) in [6, 6.07) is 19.3. The Morgan fingerprint density at radius 3 is 1.39 bits per heavy atom. The van der Waals surface area contributed by atoms with Gasteiger partial charge < -0.3 is 19.8 Å². The van der Waals surface area contributed by atoms with Crippen molar-refractivity contribution in [3.63, 3.8) is 0 Å². The van der Waals surface area contributed by atoms with Crippen molar-refractivity contribution in [3.05, 3.63) is 116 Å². The smallest absolute Gasteiger partial charge is 0.274 e. The number of rotatable bonds is 6. The van der Waals surface area contributed by atoms with Gasteiger partial charge in [0.15, 0.2) is 0 Å². The minimum atomic E-state index is -1.50. The average Bonchev–Trinajstić information content (AvgIpc) is 2.87. The van der Waals surface area contributed by atoms with Crippen LogP contribution in [0.2, 0.25) is 0 Å². The lowest BCUT2D eigenvalue weighted by Gasteiger charge is -2.13. The van der Waals surface area contributed by atoms with E-state index in [1.807, 2.05) is 0 Å². The van der Waals surface area contributed by atoms with Crippen LogP contribution in [0.5, 0.6) is 0 Å². The lowest BCUT2D eigenvalue weighted by molar-refractivity contribution is -0.256. The Kier molecular flexibility index (Phi) is 5.61. The molecule has 178 valence electrons. The Hall–Kier alpha value is -5.12. The molecule has 3 aromatic carbocycles. The molecule has 10 heteroatoms. The molecule has 0 amide bonds. The molecule has 10 nitrogen and oxygen atoms in total. The Labute approximate surface area is 202 Å². The Morgan fingerprint density at radius 2 is 1.00 bits per heavy atom. The first-order chi connectivity index (χ1) is 17.3. The molecule has 0 bridgehead atoms. The summed E-state index contributed by atoms with van der Waals surface area (Å²) in [6.45, 7) is -0.0791. The van der Waals surface area contributed by atoms with Crippen LogP contribution in [0.1, 0.15) is 32.1 Å². The first kappa shape index (κ1) is 22.7. The molecule has 0 atom stereocenters. The number of benzene rings is 3. The molecule has 5 rings (SSSR count). The van der Waals surface area contributed by atoms with E-state index >= 15 is 0 Å². The molecule has 0 unspecified atom stereocenters. The highest BCUT2D eigenvalue weighted by Crippen LogP contribution is 2.15. The minimum absolute atomic E-state index is 0.0396. The molecule has 5 aromatic rings. The number of carbonyl (C=O) groups is 2. The molecule has 2 aromatic heterocycles. The first-order valence-corrected chi connectivity index (χ1v) is 10.8. The van der Waals surface area contributed by atoms with Crippen LogP contribution in [-0.2, 0) is 13.1 Å². The van der Waals surface area contributed by atoms with Gasteiger partial charge in [-0.2, -0.15) is 10.2 Å². The second kappa shape index (κ2) is 8.91. The van der Waals surface area contributed by atoms with Crippen molar-refractivity contribution in [1.29, 1.82) is 0 Å². The van der Waals surface area contributed by atoms with Crippen molar-refractivity contribution in [2.75, 3.05) is 0 Å². The molecule has 0 saturated heterocycles. The summed E-state index contributed by atoms with van der Waals surface area (Å²) in [5.41, 5.74) is -0.406. The number of carbonyl (C=O) groups excluding carboxylic acids is 2. The fraction of sp³-hybridized carbons (Fsp3) is 0.0769. The lowest BCUT2D eigenvalue weighted by atomic mass is 10.1. The summed E-state index contributed by atoms with van der Waals surface area (Å²) in [7, 11) is 0. The van der Waals surface area contributed by atoms with E-state index in [0.29, 0.717) is 11.1 Å². The first-order valence-electron chi connectivity index (χ1n) is 10.8. The van der Waals surface area contributed by atoms with Crippen LogP contribution in [0.25, 0.3) is 21.5 Å². The second-order valence-corrected chi connectivity index (χ2v) is 8.11. The van der Waals surface area contributed by atoms with Crippen LogP contribution >= 0.6 is 0 Å². The van der Waals surface area contributed by atoms with Gasteiger partial charge in [-0.05, 0) is 23.3 Å². The van der Waals surface area contributed by atoms with Crippen LogP contribution in [0.4, 0.5) is 0 Å². The van der Waals surface area contributed by atoms with E-state index in [4.69, 9.17) is 0 Å². The maximum Gasteiger partial charge on any atom is 0.274 e. The molecule has 0 radical (unpaired) electrons. The van der Waals surface area contributed by atoms with E-state index in [0.717, 1.165) is 9.36 Å². The summed E-state index contributed by atoms with van der Waals surface area (Å²) in [5.74, 6) is -3.00. The highest BCUT2D eigenvalue weighted by Gasteiger charge is 2.13. The van der Waals surface area contributed by atoms with Gasteiger partial charge in [-0.25, -0.2) is 9.36 Å². The molecular weight excluding hydrogens is 464 g/mol. The average molecular weight is 480 g/mol. The molecule has 2 heterocycles. The number of nitrogens with zero attached hydrogens (tertiary/aromatic N) is 4. The summed E-state index contributed by atoms with van der Waals surface area (Å²) in [6.07, 6.45) is 0. The van der Waals surface area contributed by atoms with Crippen LogP contribution in [-0.4, -0.2) is 31.5 Å². The topological polar surface area (TPSA) is 150 Å². The molecule has 0 fully saturated rings. The molecule has 0 N–H and O–H groups in total. The Bertz CT molecular complexity index is 1680. The van der Waals surface area contributed by atoms with E-state index in [1.165, 1.54) is 24.3 Å². The SMILES string of the molecule is O=C([O-])c1nn(Cc2cccc(Cn3nc(C(=O)[O-])c4ccccc4c3=O)c2)c(=O)c2ccccc12. The summed E-state index contributed by atoms with van der Waals surface area (Å²) in [4.78, 5) is 49.1. The predicted molar refractivity (Wildman–Crippen MR) is 125 cm³/mol. The summed E-state index contributed by atoms with van der Waals surface area (Å²) < 4.78 is 2.09. The molecule has 0 saturated carbocycles. The van der Waals surface area contributed by atoms with Crippen molar-refractivity contribution >= 4 is 33.5 Å². The molecule has 36 heavy (non-hydrogen) atoms. The molecule has 0 aliphatic rings. The number of fused-ring (bicyclic) bond motifs is 2. The maximum absolute atomic E-state index is 12.9. The van der Waals surface area contributed by atoms with Gasteiger partial charge in [0, 0.05) is 10.8 Å². The number of aromatic carboxylic acids is 2. The number of carboxylic acid groups (broad SMARTS) is 2. The zero-order valence-corrected chi connectivity index (χ0v) is 18.6. The third kappa shape index (κ3) is 4.00. The molecular formula is C26H16N4O6-2. The van der Waals surface area contributed by atoms with Gasteiger partial charge in [0.1, 0.15) is 11.4 Å². The summed E-state index contributed by atoms with van der Waals surface area (Å²) in [5, 5.41) is 32.0. The molecule has 0 spiro atoms. The van der Waals surface area contributed by atoms with Gasteiger partial charge in [-0.1, -0.05) is 60.7 Å². The minimum Gasteiger partial charge on any atom is -0.543 e. The van der Waals surface area contributed by atoms with Crippen molar-refractivity contribution in [1.82, 2.24) is 19.6 Å². The molecule has 0 aliphatic heterocycles. The van der Waals surface area contributed by atoms with Crippen LogP contribution in [0, 0.1) is 0 Å². The normalized spacial score (nSPS) is 11.1. The van der Waals surface area contributed by atoms with Crippen LogP contribution < -0.4 is 21.3 Å². The highest BCUT2D eigenvalue weighted by molar-refractivity contribution is 6.00. The summed E-state index contributed by atoms with van der Waals surface area (Å²) >= 11 is 0. The van der Waals surface area contributed by atoms with Crippen LogP contribution in [0.3, 0.4) is 0 Å². The Balaban J connectivity index is 1.53. The third-order valence-corrected chi connectivity index (χ3v) is 5.78. The number of aromatic nitrogens is 4. The van der Waals surface area contributed by atoms with E-state index in [9.17, 15) is 29.4 Å². The lowest BCUT2D eigenvalue weighted by Crippen LogP contribution is -2.31. The van der Waals surface area contributed by atoms with Crippen LogP contribution in [0.15, 0.2) is 82.4 Å². The standard InChI is InChI=1S/C26H18N4O6/c31-23-19-10-3-1-8-17(19)21(25(33)34)27-29(23)13-15-6-5-7-16(12-15)14-30-24(32)20-11-4-2-9-18(20)22(28-30)26(35)36/h1-12H,13-14H2,(H,33,34)(H,35,36)/p-2. The fourth-order valence-corrected chi connectivity index (χ4v) is 4.16. The van der Waals surface area contributed by atoms with Gasteiger partial charge in [0.05, 0.1) is 35.8 Å². The van der Waals surface area contributed by atoms with Crippen molar-refractivity contribution in [2.24, 2.45) is 0 Å². The van der Waals surface area contributed by atoms with Crippen molar-refractivity contribution in [3.8, 4) is 0 Å². The van der Waals surface area contributed by atoms with Crippen molar-refractivity contribution < 1.29 is 19.8 Å². The highest BCUT2D eigenvalue weighted by atomic mass is 16.4.